The fraction of sp³-hybridized carbons (Fsp3) is 0.571. The van der Waals surface area contributed by atoms with Crippen molar-refractivity contribution < 1.29 is 0 Å². The van der Waals surface area contributed by atoms with Crippen LogP contribution in [0.1, 0.15) is 25.3 Å². The Kier molecular flexibility index (Phi) is 2.30. The minimum Gasteiger partial charge on any atom is -0.323 e. The first kappa shape index (κ1) is 10.3. The number of nitrogens with two attached hydrogens (primary N) is 1. The van der Waals surface area contributed by atoms with Crippen molar-refractivity contribution in [2.45, 2.75) is 37.9 Å². The maximum absolute atomic E-state index is 6.41. The Morgan fingerprint density at radius 1 is 1.38 bits per heavy atom. The Balaban J connectivity index is 1.73. The summed E-state index contributed by atoms with van der Waals surface area (Å²) in [5.41, 5.74) is 7.97. The van der Waals surface area contributed by atoms with Gasteiger partial charge in [0.1, 0.15) is 0 Å². The van der Waals surface area contributed by atoms with Crippen LogP contribution in [0, 0.1) is 5.92 Å². The van der Waals surface area contributed by atoms with Crippen molar-refractivity contribution in [1.29, 1.82) is 0 Å². The number of benzene rings is 1. The zero-order valence-electron chi connectivity index (χ0n) is 9.89. The highest BCUT2D eigenvalue weighted by Crippen LogP contribution is 2.52. The Hall–Kier alpha value is -0.860. The summed E-state index contributed by atoms with van der Waals surface area (Å²) in [6.07, 6.45) is 2.43. The van der Waals surface area contributed by atoms with Gasteiger partial charge in [-0.2, -0.15) is 0 Å². The van der Waals surface area contributed by atoms with Gasteiger partial charge in [-0.1, -0.05) is 37.3 Å². The zero-order valence-corrected chi connectivity index (χ0v) is 9.89. The molecule has 2 nitrogen and oxygen atoms in total. The molecule has 0 amide bonds. The van der Waals surface area contributed by atoms with Crippen LogP contribution in [0.4, 0.5) is 0 Å². The van der Waals surface area contributed by atoms with Gasteiger partial charge in [0.05, 0.1) is 0 Å². The van der Waals surface area contributed by atoms with E-state index in [1.54, 1.807) is 0 Å². The summed E-state index contributed by atoms with van der Waals surface area (Å²) >= 11 is 0. The van der Waals surface area contributed by atoms with Crippen LogP contribution in [-0.4, -0.2) is 23.0 Å². The van der Waals surface area contributed by atoms with Crippen molar-refractivity contribution >= 4 is 0 Å². The SMILES string of the molecule is CC[C@H]1N(Cc2ccccc2)C[C@@H]2C[C@@]21N. The normalized spacial score (nSPS) is 37.4. The number of fused-ring (bicyclic) bond motifs is 1. The molecule has 1 saturated heterocycles. The Labute approximate surface area is 97.4 Å². The van der Waals surface area contributed by atoms with Gasteiger partial charge < -0.3 is 5.73 Å². The quantitative estimate of drug-likeness (QED) is 0.837. The van der Waals surface area contributed by atoms with Gasteiger partial charge in [0, 0.05) is 24.7 Å². The van der Waals surface area contributed by atoms with Crippen LogP contribution >= 0.6 is 0 Å². The molecular weight excluding hydrogens is 196 g/mol. The van der Waals surface area contributed by atoms with E-state index in [1.807, 2.05) is 0 Å². The fourth-order valence-electron chi connectivity index (χ4n) is 3.39. The molecule has 1 aromatic rings. The fourth-order valence-corrected chi connectivity index (χ4v) is 3.39. The molecule has 0 radical (unpaired) electrons. The number of rotatable bonds is 3. The van der Waals surface area contributed by atoms with Crippen molar-refractivity contribution in [1.82, 2.24) is 4.90 Å². The zero-order chi connectivity index (χ0) is 11.2. The summed E-state index contributed by atoms with van der Waals surface area (Å²) in [6.45, 7) is 4.52. The van der Waals surface area contributed by atoms with Crippen LogP contribution in [0.3, 0.4) is 0 Å². The molecule has 0 bridgehead atoms. The summed E-state index contributed by atoms with van der Waals surface area (Å²) < 4.78 is 0. The maximum Gasteiger partial charge on any atom is 0.0357 e. The molecule has 2 N–H and O–H groups in total. The lowest BCUT2D eigenvalue weighted by Crippen LogP contribution is -2.44. The Morgan fingerprint density at radius 3 is 2.81 bits per heavy atom. The van der Waals surface area contributed by atoms with E-state index in [0.29, 0.717) is 6.04 Å². The van der Waals surface area contributed by atoms with Gasteiger partial charge in [0.25, 0.3) is 0 Å². The highest BCUT2D eigenvalue weighted by Gasteiger charge is 2.62. The van der Waals surface area contributed by atoms with Crippen LogP contribution in [0.2, 0.25) is 0 Å². The van der Waals surface area contributed by atoms with Crippen molar-refractivity contribution in [2.24, 2.45) is 11.7 Å². The smallest absolute Gasteiger partial charge is 0.0357 e. The van der Waals surface area contributed by atoms with Gasteiger partial charge in [-0.3, -0.25) is 4.90 Å². The molecule has 0 unspecified atom stereocenters. The number of likely N-dealkylation sites (tertiary alicyclic amines) is 1. The number of nitrogens with zero attached hydrogens (tertiary/aromatic N) is 1. The third-order valence-corrected chi connectivity index (χ3v) is 4.33. The van der Waals surface area contributed by atoms with Crippen molar-refractivity contribution in [3.8, 4) is 0 Å². The number of hydrogen-bond donors (Lipinski definition) is 1. The molecule has 1 saturated carbocycles. The second-order valence-corrected chi connectivity index (χ2v) is 5.35. The maximum atomic E-state index is 6.41. The first-order valence-corrected chi connectivity index (χ1v) is 6.31. The van der Waals surface area contributed by atoms with Crippen LogP contribution in [0.15, 0.2) is 30.3 Å². The molecule has 3 atom stereocenters. The molecule has 3 rings (SSSR count). The lowest BCUT2D eigenvalue weighted by atomic mass is 10.0. The lowest BCUT2D eigenvalue weighted by molar-refractivity contribution is 0.196. The minimum atomic E-state index is 0.156. The molecule has 1 aliphatic heterocycles. The average Bonchev–Trinajstić information content (AvgIpc) is 2.84. The molecule has 1 aliphatic carbocycles. The van der Waals surface area contributed by atoms with E-state index in [-0.39, 0.29) is 5.54 Å². The first-order valence-electron chi connectivity index (χ1n) is 6.31. The molecular formula is C14H20N2. The van der Waals surface area contributed by atoms with E-state index >= 15 is 0 Å². The summed E-state index contributed by atoms with van der Waals surface area (Å²) in [6, 6.07) is 11.3. The van der Waals surface area contributed by atoms with Crippen molar-refractivity contribution in [2.75, 3.05) is 6.54 Å². The van der Waals surface area contributed by atoms with Gasteiger partial charge in [-0.15, -0.1) is 0 Å². The second-order valence-electron chi connectivity index (χ2n) is 5.35. The van der Waals surface area contributed by atoms with Crippen molar-refractivity contribution in [3.05, 3.63) is 35.9 Å². The van der Waals surface area contributed by atoms with Crippen LogP contribution in [0.25, 0.3) is 0 Å². The summed E-state index contributed by atoms with van der Waals surface area (Å²) in [7, 11) is 0. The number of piperidine rings is 1. The third-order valence-electron chi connectivity index (χ3n) is 4.33. The van der Waals surface area contributed by atoms with E-state index < -0.39 is 0 Å². The molecule has 2 fully saturated rings. The third kappa shape index (κ3) is 1.48. The average molecular weight is 216 g/mol. The van der Waals surface area contributed by atoms with Crippen LogP contribution in [0.5, 0.6) is 0 Å². The summed E-state index contributed by atoms with van der Waals surface area (Å²) in [5, 5.41) is 0. The van der Waals surface area contributed by atoms with Gasteiger partial charge in [-0.05, 0) is 24.3 Å². The standard InChI is InChI=1S/C14H20N2/c1-2-13-14(15)8-12(14)10-16(13)9-11-6-4-3-5-7-11/h3-7,12-13H,2,8-10,15H2,1H3/t12-,13+,14+/m0/s1. The largest absolute Gasteiger partial charge is 0.323 e. The summed E-state index contributed by atoms with van der Waals surface area (Å²) in [4.78, 5) is 2.57. The molecule has 86 valence electrons. The van der Waals surface area contributed by atoms with Gasteiger partial charge in [0.15, 0.2) is 0 Å². The van der Waals surface area contributed by atoms with E-state index in [0.717, 1.165) is 12.5 Å². The van der Waals surface area contributed by atoms with E-state index in [4.69, 9.17) is 5.73 Å². The molecule has 2 aliphatic rings. The van der Waals surface area contributed by atoms with E-state index in [1.165, 1.54) is 24.9 Å². The van der Waals surface area contributed by atoms with Gasteiger partial charge in [-0.25, -0.2) is 0 Å². The molecule has 2 heteroatoms. The first-order chi connectivity index (χ1) is 7.74. The highest BCUT2D eigenvalue weighted by molar-refractivity contribution is 5.23. The van der Waals surface area contributed by atoms with Crippen molar-refractivity contribution in [3.63, 3.8) is 0 Å². The van der Waals surface area contributed by atoms with Crippen LogP contribution in [-0.2, 0) is 6.54 Å². The predicted molar refractivity (Wildman–Crippen MR) is 66.0 cm³/mol. The minimum absolute atomic E-state index is 0.156. The molecule has 0 aromatic heterocycles. The van der Waals surface area contributed by atoms with Gasteiger partial charge >= 0.3 is 0 Å². The topological polar surface area (TPSA) is 29.3 Å². The lowest BCUT2D eigenvalue weighted by Gasteiger charge is -2.29. The van der Waals surface area contributed by atoms with E-state index in [9.17, 15) is 0 Å². The van der Waals surface area contributed by atoms with Crippen LogP contribution < -0.4 is 5.73 Å². The molecule has 1 aromatic carbocycles. The molecule has 16 heavy (non-hydrogen) atoms. The predicted octanol–water partition coefficient (Wildman–Crippen LogP) is 2.00. The highest BCUT2D eigenvalue weighted by atomic mass is 15.3. The van der Waals surface area contributed by atoms with E-state index in [2.05, 4.69) is 42.2 Å². The molecule has 1 heterocycles. The Morgan fingerprint density at radius 2 is 2.12 bits per heavy atom. The second kappa shape index (κ2) is 3.57. The molecule has 0 spiro atoms. The van der Waals surface area contributed by atoms with Gasteiger partial charge in [0.2, 0.25) is 0 Å². The number of hydrogen-bond acceptors (Lipinski definition) is 2. The monoisotopic (exact) mass is 216 g/mol. The Bertz CT molecular complexity index is 376. The summed E-state index contributed by atoms with van der Waals surface area (Å²) in [5.74, 6) is 0.765.